The Morgan fingerprint density at radius 2 is 1.89 bits per heavy atom. The summed E-state index contributed by atoms with van der Waals surface area (Å²) in [5, 5.41) is 4.37. The standard InChI is InChI=1S/C15H26N2O2/c1-11(2)19-13(4)9-12(3)16-17-15-7-5-14(10-18)6-8-15/h9-11,14-15,17H,5-8H2,1-4H3/b13-9+,16-12+/t14-,15-. The summed E-state index contributed by atoms with van der Waals surface area (Å²) in [7, 11) is 0. The maximum absolute atomic E-state index is 10.7. The average molecular weight is 266 g/mol. The van der Waals surface area contributed by atoms with Crippen molar-refractivity contribution in [3.63, 3.8) is 0 Å². The SMILES string of the molecule is C/C(=C\C(C)=N\N[C@H]1CC[C@H](C=O)CC1)OC(C)C. The highest BCUT2D eigenvalue weighted by Gasteiger charge is 2.19. The zero-order valence-electron chi connectivity index (χ0n) is 12.5. The molecule has 4 nitrogen and oxygen atoms in total. The Bertz CT molecular complexity index is 340. The third-order valence-corrected chi connectivity index (χ3v) is 3.22. The van der Waals surface area contributed by atoms with E-state index in [1.807, 2.05) is 33.8 Å². The van der Waals surface area contributed by atoms with Crippen LogP contribution in [0.3, 0.4) is 0 Å². The molecule has 108 valence electrons. The normalized spacial score (nSPS) is 25.3. The highest BCUT2D eigenvalue weighted by atomic mass is 16.5. The van der Waals surface area contributed by atoms with E-state index >= 15 is 0 Å². The first-order valence-electron chi connectivity index (χ1n) is 7.11. The van der Waals surface area contributed by atoms with E-state index in [0.29, 0.717) is 6.04 Å². The molecule has 0 amide bonds. The second-order valence-corrected chi connectivity index (χ2v) is 5.55. The van der Waals surface area contributed by atoms with Crippen LogP contribution in [0.25, 0.3) is 0 Å². The topological polar surface area (TPSA) is 50.7 Å². The molecule has 0 heterocycles. The third-order valence-electron chi connectivity index (χ3n) is 3.22. The van der Waals surface area contributed by atoms with Crippen molar-refractivity contribution in [2.75, 3.05) is 0 Å². The quantitative estimate of drug-likeness (QED) is 0.348. The lowest BCUT2D eigenvalue weighted by Crippen LogP contribution is -2.30. The summed E-state index contributed by atoms with van der Waals surface area (Å²) in [6, 6.07) is 0.394. The molecule has 1 aliphatic rings. The van der Waals surface area contributed by atoms with Crippen molar-refractivity contribution in [1.82, 2.24) is 5.43 Å². The molecular weight excluding hydrogens is 240 g/mol. The van der Waals surface area contributed by atoms with Gasteiger partial charge in [0.2, 0.25) is 0 Å². The lowest BCUT2D eigenvalue weighted by molar-refractivity contribution is -0.112. The number of hydrogen-bond donors (Lipinski definition) is 1. The van der Waals surface area contributed by atoms with Gasteiger partial charge < -0.3 is 15.0 Å². The third kappa shape index (κ3) is 6.41. The molecule has 0 saturated heterocycles. The van der Waals surface area contributed by atoms with Crippen LogP contribution in [0.1, 0.15) is 53.4 Å². The molecule has 0 spiro atoms. The Morgan fingerprint density at radius 1 is 1.26 bits per heavy atom. The molecule has 0 aromatic carbocycles. The molecule has 1 fully saturated rings. The van der Waals surface area contributed by atoms with E-state index in [2.05, 4.69) is 10.5 Å². The van der Waals surface area contributed by atoms with Crippen molar-refractivity contribution in [2.45, 2.75) is 65.5 Å². The van der Waals surface area contributed by atoms with Gasteiger partial charge in [-0.05, 0) is 59.5 Å². The van der Waals surface area contributed by atoms with E-state index in [0.717, 1.165) is 43.4 Å². The number of hydrogen-bond acceptors (Lipinski definition) is 4. The van der Waals surface area contributed by atoms with Gasteiger partial charge in [-0.2, -0.15) is 5.10 Å². The van der Waals surface area contributed by atoms with Gasteiger partial charge in [-0.1, -0.05) is 0 Å². The van der Waals surface area contributed by atoms with Gasteiger partial charge in [-0.15, -0.1) is 0 Å². The van der Waals surface area contributed by atoms with Gasteiger partial charge in [0.25, 0.3) is 0 Å². The van der Waals surface area contributed by atoms with Gasteiger partial charge in [-0.3, -0.25) is 0 Å². The Morgan fingerprint density at radius 3 is 2.42 bits per heavy atom. The van der Waals surface area contributed by atoms with Crippen molar-refractivity contribution in [2.24, 2.45) is 11.0 Å². The number of hydrazone groups is 1. The number of aldehydes is 1. The van der Waals surface area contributed by atoms with Crippen LogP contribution in [-0.2, 0) is 9.53 Å². The lowest BCUT2D eigenvalue weighted by Gasteiger charge is -2.25. The minimum atomic E-state index is 0.190. The van der Waals surface area contributed by atoms with Gasteiger partial charge in [0, 0.05) is 12.0 Å². The number of carbonyl (C=O) groups is 1. The maximum Gasteiger partial charge on any atom is 0.123 e. The van der Waals surface area contributed by atoms with Gasteiger partial charge in [0.15, 0.2) is 0 Å². The lowest BCUT2D eigenvalue weighted by atomic mass is 9.87. The van der Waals surface area contributed by atoms with Crippen molar-refractivity contribution in [1.29, 1.82) is 0 Å². The Hall–Kier alpha value is -1.32. The highest BCUT2D eigenvalue weighted by molar-refractivity contribution is 5.92. The Labute approximate surface area is 116 Å². The summed E-state index contributed by atoms with van der Waals surface area (Å²) in [5.41, 5.74) is 4.11. The molecule has 0 aromatic rings. The van der Waals surface area contributed by atoms with E-state index < -0.39 is 0 Å². The zero-order chi connectivity index (χ0) is 14.3. The maximum atomic E-state index is 10.7. The van der Waals surface area contributed by atoms with Crippen molar-refractivity contribution in [3.05, 3.63) is 11.8 Å². The van der Waals surface area contributed by atoms with Gasteiger partial charge in [0.1, 0.15) is 6.29 Å². The average Bonchev–Trinajstić information content (AvgIpc) is 2.36. The molecule has 0 bridgehead atoms. The van der Waals surface area contributed by atoms with E-state index in [1.165, 1.54) is 0 Å². The van der Waals surface area contributed by atoms with Crippen LogP contribution in [0.15, 0.2) is 16.9 Å². The Kier molecular flexibility index (Phi) is 6.60. The fourth-order valence-electron chi connectivity index (χ4n) is 2.31. The molecule has 1 saturated carbocycles. The Balaban J connectivity index is 2.37. The molecule has 0 aromatic heterocycles. The molecule has 0 radical (unpaired) electrons. The second-order valence-electron chi connectivity index (χ2n) is 5.55. The number of carbonyl (C=O) groups excluding carboxylic acids is 1. The monoisotopic (exact) mass is 266 g/mol. The molecule has 1 rings (SSSR count). The fraction of sp³-hybridized carbons (Fsp3) is 0.733. The van der Waals surface area contributed by atoms with Crippen LogP contribution in [0.2, 0.25) is 0 Å². The molecule has 0 aliphatic heterocycles. The second kappa shape index (κ2) is 7.97. The molecule has 4 heteroatoms. The molecule has 0 atom stereocenters. The number of rotatable bonds is 6. The summed E-state index contributed by atoms with van der Waals surface area (Å²) in [5.74, 6) is 1.13. The summed E-state index contributed by atoms with van der Waals surface area (Å²) in [6.07, 6.45) is 7.19. The zero-order valence-corrected chi connectivity index (χ0v) is 12.5. The fourth-order valence-corrected chi connectivity index (χ4v) is 2.31. The van der Waals surface area contributed by atoms with Crippen molar-refractivity contribution in [3.8, 4) is 0 Å². The van der Waals surface area contributed by atoms with E-state index in [-0.39, 0.29) is 12.0 Å². The predicted octanol–water partition coefficient (Wildman–Crippen LogP) is 3.04. The molecule has 19 heavy (non-hydrogen) atoms. The van der Waals surface area contributed by atoms with Gasteiger partial charge >= 0.3 is 0 Å². The van der Waals surface area contributed by atoms with E-state index in [1.54, 1.807) is 0 Å². The van der Waals surface area contributed by atoms with Crippen molar-refractivity contribution < 1.29 is 9.53 Å². The largest absolute Gasteiger partial charge is 0.496 e. The summed E-state index contributed by atoms with van der Waals surface area (Å²) in [6.45, 7) is 7.91. The van der Waals surface area contributed by atoms with Gasteiger partial charge in [0.05, 0.1) is 17.6 Å². The number of ether oxygens (including phenoxy) is 1. The summed E-state index contributed by atoms with van der Waals surface area (Å²) < 4.78 is 5.55. The minimum absolute atomic E-state index is 0.190. The van der Waals surface area contributed by atoms with Crippen molar-refractivity contribution >= 4 is 12.0 Å². The number of allylic oxidation sites excluding steroid dienone is 2. The van der Waals surface area contributed by atoms with Crippen LogP contribution in [0.5, 0.6) is 0 Å². The van der Waals surface area contributed by atoms with Crippen LogP contribution < -0.4 is 5.43 Å². The first-order valence-corrected chi connectivity index (χ1v) is 7.11. The van der Waals surface area contributed by atoms with E-state index in [9.17, 15) is 4.79 Å². The van der Waals surface area contributed by atoms with Crippen LogP contribution in [0.4, 0.5) is 0 Å². The number of nitrogens with one attached hydrogen (secondary N) is 1. The molecule has 0 unspecified atom stereocenters. The van der Waals surface area contributed by atoms with Crippen LogP contribution in [-0.4, -0.2) is 24.1 Å². The molecule has 1 N–H and O–H groups in total. The summed E-state index contributed by atoms with van der Waals surface area (Å²) in [4.78, 5) is 10.7. The smallest absolute Gasteiger partial charge is 0.123 e. The number of nitrogens with zero attached hydrogens (tertiary/aromatic N) is 1. The summed E-state index contributed by atoms with van der Waals surface area (Å²) >= 11 is 0. The first kappa shape index (κ1) is 15.7. The predicted molar refractivity (Wildman–Crippen MR) is 78.0 cm³/mol. The molecular formula is C15H26N2O2. The van der Waals surface area contributed by atoms with E-state index in [4.69, 9.17) is 4.74 Å². The highest BCUT2D eigenvalue weighted by Crippen LogP contribution is 2.22. The van der Waals surface area contributed by atoms with Crippen LogP contribution >= 0.6 is 0 Å². The molecule has 1 aliphatic carbocycles. The van der Waals surface area contributed by atoms with Crippen LogP contribution in [0, 0.1) is 5.92 Å². The van der Waals surface area contributed by atoms with Gasteiger partial charge in [-0.25, -0.2) is 0 Å². The minimum Gasteiger partial charge on any atom is -0.496 e. The first-order chi connectivity index (χ1) is 9.01.